The number of hydrogen-bond donors (Lipinski definition) is 1. The van der Waals surface area contributed by atoms with E-state index in [0.29, 0.717) is 11.3 Å². The van der Waals surface area contributed by atoms with Gasteiger partial charge in [-0.05, 0) is 35.4 Å². The second-order valence-electron chi connectivity index (χ2n) is 7.52. The number of carbonyl (C=O) groups excluding carboxylic acids is 2. The highest BCUT2D eigenvalue weighted by atomic mass is 16.6. The summed E-state index contributed by atoms with van der Waals surface area (Å²) in [5, 5.41) is 11.8. The Bertz CT molecular complexity index is 1180. The van der Waals surface area contributed by atoms with Crippen LogP contribution in [0.4, 0.5) is 4.79 Å². The number of hydrazine groups is 1. The Labute approximate surface area is 190 Å². The Hall–Kier alpha value is -4.33. The van der Waals surface area contributed by atoms with Crippen molar-refractivity contribution in [2.45, 2.75) is 19.5 Å². The maximum atomic E-state index is 13.3. The minimum atomic E-state index is -1.12. The van der Waals surface area contributed by atoms with Gasteiger partial charge in [-0.2, -0.15) is 0 Å². The van der Waals surface area contributed by atoms with Crippen LogP contribution in [0.5, 0.6) is 11.5 Å². The minimum Gasteiger partial charge on any atom is -0.497 e. The highest BCUT2D eigenvalue weighted by Crippen LogP contribution is 2.29. The van der Waals surface area contributed by atoms with E-state index in [-0.39, 0.29) is 36.7 Å². The Balaban J connectivity index is 1.63. The molecule has 1 aliphatic rings. The van der Waals surface area contributed by atoms with Crippen LogP contribution in [-0.2, 0) is 24.3 Å². The molecule has 2 amide bonds. The molecule has 0 fully saturated rings. The number of carboxylic acids is 1. The monoisotopic (exact) mass is 446 g/mol. The molecular formula is C25H22N2O6. The third kappa shape index (κ3) is 4.95. The second-order valence-corrected chi connectivity index (χ2v) is 7.52. The van der Waals surface area contributed by atoms with Gasteiger partial charge in [0.05, 0.1) is 32.2 Å². The third-order valence-electron chi connectivity index (χ3n) is 5.31. The van der Waals surface area contributed by atoms with Crippen LogP contribution in [0.1, 0.15) is 27.0 Å². The average Bonchev–Trinajstić information content (AvgIpc) is 2.83. The first-order valence-electron chi connectivity index (χ1n) is 10.3. The molecule has 8 nitrogen and oxygen atoms in total. The molecule has 0 aromatic heterocycles. The van der Waals surface area contributed by atoms with E-state index in [1.807, 2.05) is 42.5 Å². The molecule has 0 bridgehead atoms. The molecule has 0 radical (unpaired) electrons. The molecule has 168 valence electrons. The van der Waals surface area contributed by atoms with Crippen molar-refractivity contribution in [2.75, 3.05) is 7.11 Å². The molecule has 3 aromatic carbocycles. The van der Waals surface area contributed by atoms with E-state index in [1.165, 1.54) is 22.2 Å². The van der Waals surface area contributed by atoms with Gasteiger partial charge in [-0.3, -0.25) is 4.79 Å². The molecule has 8 heteroatoms. The minimum absolute atomic E-state index is 0.0187. The fraction of sp³-hybridized carbons (Fsp3) is 0.160. The largest absolute Gasteiger partial charge is 0.497 e. The highest BCUT2D eigenvalue weighted by molar-refractivity contribution is 5.89. The first-order chi connectivity index (χ1) is 15.9. The Morgan fingerprint density at radius 3 is 2.42 bits per heavy atom. The lowest BCUT2D eigenvalue weighted by molar-refractivity contribution is -0.147. The summed E-state index contributed by atoms with van der Waals surface area (Å²) in [5.41, 5.74) is 2.24. The van der Waals surface area contributed by atoms with Crippen LogP contribution in [0.25, 0.3) is 0 Å². The number of fused-ring (bicyclic) bond motifs is 1. The summed E-state index contributed by atoms with van der Waals surface area (Å²) >= 11 is 0. The van der Waals surface area contributed by atoms with Gasteiger partial charge in [0.25, 0.3) is 0 Å². The smallest absolute Gasteiger partial charge is 0.434 e. The van der Waals surface area contributed by atoms with Crippen molar-refractivity contribution in [2.24, 2.45) is 0 Å². The number of rotatable bonds is 7. The quantitative estimate of drug-likeness (QED) is 0.592. The Morgan fingerprint density at radius 2 is 1.76 bits per heavy atom. The number of amides is 2. The SMILES string of the molecule is COc1ccc(CN(C(=O)Cc2ccccc2)N2Cc3ccc(C(=O)O)cc3OC2=O)cc1. The zero-order valence-corrected chi connectivity index (χ0v) is 17.9. The fourth-order valence-electron chi connectivity index (χ4n) is 3.54. The molecule has 1 aliphatic heterocycles. The van der Waals surface area contributed by atoms with E-state index in [0.717, 1.165) is 11.1 Å². The summed E-state index contributed by atoms with van der Waals surface area (Å²) in [7, 11) is 1.57. The number of benzene rings is 3. The molecule has 3 aromatic rings. The van der Waals surface area contributed by atoms with Crippen molar-refractivity contribution in [1.29, 1.82) is 0 Å². The van der Waals surface area contributed by atoms with Crippen molar-refractivity contribution < 1.29 is 29.0 Å². The number of methoxy groups -OCH3 is 1. The first kappa shape index (κ1) is 21.9. The van der Waals surface area contributed by atoms with Crippen LogP contribution in [-0.4, -0.2) is 40.2 Å². The van der Waals surface area contributed by atoms with E-state index in [1.54, 1.807) is 25.3 Å². The van der Waals surface area contributed by atoms with Crippen molar-refractivity contribution in [1.82, 2.24) is 10.0 Å². The topological polar surface area (TPSA) is 96.4 Å². The zero-order chi connectivity index (χ0) is 23.4. The molecule has 0 spiro atoms. The average molecular weight is 446 g/mol. The number of nitrogens with zero attached hydrogens (tertiary/aromatic N) is 2. The molecule has 0 aliphatic carbocycles. The summed E-state index contributed by atoms with van der Waals surface area (Å²) in [6.07, 6.45) is -0.647. The summed E-state index contributed by atoms with van der Waals surface area (Å²) in [6.45, 7) is 0.220. The standard InChI is InChI=1S/C25H22N2O6/c1-32-21-11-7-18(8-12-21)15-26(23(28)13-17-5-3-2-4-6-17)27-16-20-10-9-19(24(29)30)14-22(20)33-25(27)31/h2-12,14H,13,15-16H2,1H3,(H,29,30). The lowest BCUT2D eigenvalue weighted by atomic mass is 10.1. The van der Waals surface area contributed by atoms with Crippen molar-refractivity contribution in [3.63, 3.8) is 0 Å². The summed E-state index contributed by atoms with van der Waals surface area (Å²) in [6, 6.07) is 20.8. The number of ether oxygens (including phenoxy) is 2. The number of aromatic carboxylic acids is 1. The first-order valence-corrected chi connectivity index (χ1v) is 10.3. The van der Waals surface area contributed by atoms with Gasteiger partial charge < -0.3 is 14.6 Å². The predicted octanol–water partition coefficient (Wildman–Crippen LogP) is 3.89. The molecule has 4 rings (SSSR count). The number of carbonyl (C=O) groups is 3. The van der Waals surface area contributed by atoms with Crippen LogP contribution in [0.3, 0.4) is 0 Å². The lowest BCUT2D eigenvalue weighted by Gasteiger charge is -2.37. The van der Waals surface area contributed by atoms with Crippen molar-refractivity contribution >= 4 is 18.0 Å². The molecule has 0 unspecified atom stereocenters. The lowest BCUT2D eigenvalue weighted by Crippen LogP contribution is -2.52. The van der Waals surface area contributed by atoms with Gasteiger partial charge in [-0.1, -0.05) is 48.5 Å². The predicted molar refractivity (Wildman–Crippen MR) is 119 cm³/mol. The van der Waals surface area contributed by atoms with E-state index >= 15 is 0 Å². The van der Waals surface area contributed by atoms with Crippen LogP contribution in [0, 0.1) is 0 Å². The van der Waals surface area contributed by atoms with Gasteiger partial charge in [0, 0.05) is 5.56 Å². The van der Waals surface area contributed by atoms with Gasteiger partial charge in [-0.15, -0.1) is 0 Å². The number of hydrogen-bond acceptors (Lipinski definition) is 5. The van der Waals surface area contributed by atoms with Crippen LogP contribution < -0.4 is 9.47 Å². The Kier molecular flexibility index (Phi) is 6.26. The maximum Gasteiger partial charge on any atom is 0.434 e. The molecule has 1 N–H and O–H groups in total. The highest BCUT2D eigenvalue weighted by Gasteiger charge is 2.33. The molecule has 33 heavy (non-hydrogen) atoms. The number of carboxylic acid groups (broad SMARTS) is 1. The molecule has 0 saturated carbocycles. The van der Waals surface area contributed by atoms with E-state index in [9.17, 15) is 19.5 Å². The van der Waals surface area contributed by atoms with Crippen LogP contribution in [0.15, 0.2) is 72.8 Å². The summed E-state index contributed by atoms with van der Waals surface area (Å²) in [4.78, 5) is 37.4. The molecule has 0 saturated heterocycles. The normalized spacial score (nSPS) is 12.5. The summed E-state index contributed by atoms with van der Waals surface area (Å²) in [5.74, 6) is -0.535. The van der Waals surface area contributed by atoms with Gasteiger partial charge in [0.15, 0.2) is 0 Å². The second kappa shape index (κ2) is 9.44. The van der Waals surface area contributed by atoms with Gasteiger partial charge >= 0.3 is 12.1 Å². The van der Waals surface area contributed by atoms with Gasteiger partial charge in [0.2, 0.25) is 5.91 Å². The van der Waals surface area contributed by atoms with E-state index < -0.39 is 12.1 Å². The zero-order valence-electron chi connectivity index (χ0n) is 17.9. The molecule has 0 atom stereocenters. The maximum absolute atomic E-state index is 13.3. The van der Waals surface area contributed by atoms with Crippen LogP contribution >= 0.6 is 0 Å². The third-order valence-corrected chi connectivity index (χ3v) is 5.31. The Morgan fingerprint density at radius 1 is 1.03 bits per heavy atom. The van der Waals surface area contributed by atoms with Gasteiger partial charge in [-0.25, -0.2) is 19.6 Å². The molecular weight excluding hydrogens is 424 g/mol. The summed E-state index contributed by atoms with van der Waals surface area (Å²) < 4.78 is 10.6. The van der Waals surface area contributed by atoms with Crippen molar-refractivity contribution in [3.8, 4) is 11.5 Å². The fourth-order valence-corrected chi connectivity index (χ4v) is 3.54. The van der Waals surface area contributed by atoms with Gasteiger partial charge in [0.1, 0.15) is 11.5 Å². The van der Waals surface area contributed by atoms with E-state index in [4.69, 9.17) is 9.47 Å². The van der Waals surface area contributed by atoms with Crippen LogP contribution in [0.2, 0.25) is 0 Å². The van der Waals surface area contributed by atoms with E-state index in [2.05, 4.69) is 0 Å². The van der Waals surface area contributed by atoms with Crippen molar-refractivity contribution in [3.05, 3.63) is 95.1 Å². The molecule has 1 heterocycles.